The van der Waals surface area contributed by atoms with Crippen molar-refractivity contribution < 1.29 is 0 Å². The van der Waals surface area contributed by atoms with E-state index in [0.29, 0.717) is 0 Å². The van der Waals surface area contributed by atoms with E-state index >= 15 is 0 Å². The van der Waals surface area contributed by atoms with Gasteiger partial charge in [-0.25, -0.2) is 9.97 Å². The lowest BCUT2D eigenvalue weighted by Crippen LogP contribution is -1.91. The summed E-state index contributed by atoms with van der Waals surface area (Å²) < 4.78 is 3.63. The molecule has 0 spiro atoms. The second-order valence-corrected chi connectivity index (χ2v) is 14.8. The molecule has 4 heteroatoms. The number of aromatic nitrogens is 3. The Bertz CT molecular complexity index is 3150. The summed E-state index contributed by atoms with van der Waals surface area (Å²) in [4.78, 5) is 11.5. The van der Waals surface area contributed by atoms with Crippen LogP contribution in [0.3, 0.4) is 0 Å². The van der Waals surface area contributed by atoms with Gasteiger partial charge in [0.05, 0.1) is 22.4 Å². The van der Waals surface area contributed by atoms with Gasteiger partial charge in [0.25, 0.3) is 0 Å². The number of fused-ring (bicyclic) bond motifs is 10. The summed E-state index contributed by atoms with van der Waals surface area (Å²) >= 11 is 1.84. The molecule has 0 fully saturated rings. The van der Waals surface area contributed by atoms with Crippen molar-refractivity contribution in [2.75, 3.05) is 0 Å². The van der Waals surface area contributed by atoms with Gasteiger partial charge < -0.3 is 0 Å². The first kappa shape index (κ1) is 30.7. The normalized spacial score (nSPS) is 11.7. The van der Waals surface area contributed by atoms with Gasteiger partial charge in [0.2, 0.25) is 0 Å². The van der Waals surface area contributed by atoms with Crippen molar-refractivity contribution in [3.05, 3.63) is 188 Å². The topological polar surface area (TPSA) is 30.2 Å². The molecule has 11 rings (SSSR count). The molecule has 0 aliphatic heterocycles. The van der Waals surface area contributed by atoms with Gasteiger partial charge in [-0.1, -0.05) is 140 Å². The van der Waals surface area contributed by atoms with Crippen molar-refractivity contribution in [3.8, 4) is 55.9 Å². The maximum absolute atomic E-state index is 5.20. The van der Waals surface area contributed by atoms with Crippen molar-refractivity contribution >= 4 is 59.1 Å². The molecule has 0 bridgehead atoms. The lowest BCUT2D eigenvalue weighted by atomic mass is 9.95. The van der Waals surface area contributed by atoms with Crippen LogP contribution in [0.15, 0.2) is 188 Å². The van der Waals surface area contributed by atoms with Gasteiger partial charge in [-0.2, -0.15) is 0 Å². The number of pyridine rings is 2. The van der Waals surface area contributed by atoms with Crippen LogP contribution in [0.4, 0.5) is 0 Å². The highest BCUT2D eigenvalue weighted by atomic mass is 32.1. The first-order valence-corrected chi connectivity index (χ1v) is 19.1. The number of hydrogen-bond donors (Lipinski definition) is 0. The molecule has 0 N–H and O–H groups in total. The number of para-hydroxylation sites is 2. The van der Waals surface area contributed by atoms with Gasteiger partial charge in [0.15, 0.2) is 0 Å². The monoisotopic (exact) mass is 705 g/mol. The van der Waals surface area contributed by atoms with Crippen molar-refractivity contribution in [3.63, 3.8) is 0 Å². The van der Waals surface area contributed by atoms with Crippen molar-refractivity contribution in [2.24, 2.45) is 0 Å². The van der Waals surface area contributed by atoms with E-state index in [-0.39, 0.29) is 0 Å². The maximum Gasteiger partial charge on any atom is 0.147 e. The average Bonchev–Trinajstić information content (AvgIpc) is 3.83. The highest BCUT2D eigenvalue weighted by Crippen LogP contribution is 2.43. The molecule has 7 aromatic carbocycles. The number of nitrogens with zero attached hydrogens (tertiary/aromatic N) is 3. The van der Waals surface area contributed by atoms with Crippen molar-refractivity contribution in [1.82, 2.24) is 14.4 Å². The molecule has 0 aliphatic rings. The van der Waals surface area contributed by atoms with E-state index in [9.17, 15) is 0 Å². The fourth-order valence-corrected chi connectivity index (χ4v) is 9.17. The van der Waals surface area contributed by atoms with Crippen LogP contribution in [0, 0.1) is 0 Å². The smallest absolute Gasteiger partial charge is 0.147 e. The van der Waals surface area contributed by atoms with Gasteiger partial charge in [-0.15, -0.1) is 11.3 Å². The quantitative estimate of drug-likeness (QED) is 0.178. The number of benzene rings is 7. The minimum Gasteiger partial charge on any atom is -0.283 e. The summed E-state index contributed by atoms with van der Waals surface area (Å²) in [5.74, 6) is 0. The Labute approximate surface area is 316 Å². The molecule has 4 aromatic heterocycles. The van der Waals surface area contributed by atoms with Gasteiger partial charge in [0.1, 0.15) is 10.5 Å². The van der Waals surface area contributed by atoms with Crippen LogP contribution in [0.1, 0.15) is 0 Å². The summed E-state index contributed by atoms with van der Waals surface area (Å²) in [6, 6.07) is 67.2. The molecule has 0 radical (unpaired) electrons. The Kier molecular flexibility index (Phi) is 7.04. The largest absolute Gasteiger partial charge is 0.283 e. The number of thiophene rings is 1. The zero-order valence-electron chi connectivity index (χ0n) is 29.1. The van der Waals surface area contributed by atoms with Crippen LogP contribution in [0.5, 0.6) is 0 Å². The second-order valence-electron chi connectivity index (χ2n) is 13.8. The lowest BCUT2D eigenvalue weighted by molar-refractivity contribution is 1.32. The fourth-order valence-electron chi connectivity index (χ4n) is 7.96. The summed E-state index contributed by atoms with van der Waals surface area (Å²) in [5, 5.41) is 4.97. The van der Waals surface area contributed by atoms with E-state index in [2.05, 4.69) is 186 Å². The second kappa shape index (κ2) is 12.4. The molecule has 252 valence electrons. The Morgan fingerprint density at radius 3 is 1.70 bits per heavy atom. The van der Waals surface area contributed by atoms with Crippen LogP contribution < -0.4 is 0 Å². The predicted molar refractivity (Wildman–Crippen MR) is 228 cm³/mol. The molecular weight excluding hydrogens is 675 g/mol. The highest BCUT2D eigenvalue weighted by Gasteiger charge is 2.18. The lowest BCUT2D eigenvalue weighted by Gasteiger charge is -2.12. The standard InChI is InChI=1S/C50H31N3S/c1-3-13-32(14-4-1)39-30-44(33-15-5-2-6-16-33)51-45(31-39)38-20-12-19-36(28-38)34-17-11-18-35(27-34)37-25-26-47-42(29-37)48-40-21-7-8-22-41(40)49-52-43-23-9-10-24-46(43)53(49)50(48)54-47/h1-31H. The van der Waals surface area contributed by atoms with E-state index in [1.807, 2.05) is 17.4 Å². The third-order valence-corrected chi connectivity index (χ3v) is 11.7. The van der Waals surface area contributed by atoms with E-state index in [0.717, 1.165) is 50.3 Å². The summed E-state index contributed by atoms with van der Waals surface area (Å²) in [7, 11) is 0. The van der Waals surface area contributed by atoms with Crippen molar-refractivity contribution in [2.45, 2.75) is 0 Å². The SMILES string of the molecule is c1ccc(-c2cc(-c3ccccc3)nc(-c3cccc(-c4cccc(-c5ccc6sc7c(c6c5)c5ccccc5c5nc6ccccc6n57)c4)c3)c2)cc1. The number of rotatable bonds is 5. The van der Waals surface area contributed by atoms with Crippen LogP contribution in [0.2, 0.25) is 0 Å². The fraction of sp³-hybridized carbons (Fsp3) is 0. The van der Waals surface area contributed by atoms with Gasteiger partial charge >= 0.3 is 0 Å². The zero-order valence-corrected chi connectivity index (χ0v) is 30.0. The van der Waals surface area contributed by atoms with Crippen LogP contribution in [-0.4, -0.2) is 14.4 Å². The molecule has 4 heterocycles. The molecule has 0 saturated carbocycles. The first-order chi connectivity index (χ1) is 26.7. The van der Waals surface area contributed by atoms with E-state index < -0.39 is 0 Å². The van der Waals surface area contributed by atoms with Gasteiger partial charge in [-0.05, 0) is 87.3 Å². The summed E-state index contributed by atoms with van der Waals surface area (Å²) in [6.45, 7) is 0. The molecule has 0 amide bonds. The van der Waals surface area contributed by atoms with Gasteiger partial charge in [-0.3, -0.25) is 4.40 Å². The van der Waals surface area contributed by atoms with Gasteiger partial charge in [0, 0.05) is 32.0 Å². The average molecular weight is 706 g/mol. The molecule has 11 aromatic rings. The maximum atomic E-state index is 5.20. The highest BCUT2D eigenvalue weighted by molar-refractivity contribution is 7.25. The third kappa shape index (κ3) is 5.03. The molecule has 3 nitrogen and oxygen atoms in total. The molecule has 0 saturated heterocycles. The zero-order chi connectivity index (χ0) is 35.6. The van der Waals surface area contributed by atoms with E-state index in [4.69, 9.17) is 9.97 Å². The molecule has 0 unspecified atom stereocenters. The molecule has 0 aliphatic carbocycles. The summed E-state index contributed by atoms with van der Waals surface area (Å²) in [6.07, 6.45) is 0. The predicted octanol–water partition coefficient (Wildman–Crippen LogP) is 13.7. The molecular formula is C50H31N3S. The first-order valence-electron chi connectivity index (χ1n) is 18.2. The van der Waals surface area contributed by atoms with Crippen LogP contribution in [0.25, 0.3) is 104 Å². The van der Waals surface area contributed by atoms with Crippen LogP contribution >= 0.6 is 11.3 Å². The van der Waals surface area contributed by atoms with E-state index in [1.54, 1.807) is 0 Å². The van der Waals surface area contributed by atoms with Crippen molar-refractivity contribution in [1.29, 1.82) is 0 Å². The molecule has 54 heavy (non-hydrogen) atoms. The third-order valence-electron chi connectivity index (χ3n) is 10.6. The summed E-state index contributed by atoms with van der Waals surface area (Å²) in [5.41, 5.74) is 14.3. The Morgan fingerprint density at radius 2 is 0.944 bits per heavy atom. The van der Waals surface area contributed by atoms with E-state index in [1.165, 1.54) is 53.3 Å². The molecule has 0 atom stereocenters. The van der Waals surface area contributed by atoms with Crippen LogP contribution in [-0.2, 0) is 0 Å². The minimum absolute atomic E-state index is 0.954. The minimum atomic E-state index is 0.954. The Balaban J connectivity index is 1.03. The number of hydrogen-bond acceptors (Lipinski definition) is 3. The Hall–Kier alpha value is -6.88. The number of imidazole rings is 1. The Morgan fingerprint density at radius 1 is 0.370 bits per heavy atom.